The van der Waals surface area contributed by atoms with Crippen LogP contribution in [0.15, 0.2) is 72.3 Å². The third-order valence-corrected chi connectivity index (χ3v) is 4.69. The minimum Gasteiger partial charge on any atom is -0.488 e. The third kappa shape index (κ3) is 5.38. The molecular weight excluding hydrogens is 426 g/mol. The highest BCUT2D eigenvalue weighted by Crippen LogP contribution is 2.26. The van der Waals surface area contributed by atoms with Crippen LogP contribution in [0.2, 0.25) is 10.0 Å². The molecule has 0 aliphatic heterocycles. The number of halogens is 3. The average molecular weight is 441 g/mol. The number of carbonyl (C=O) groups excluding carboxylic acids is 1. The van der Waals surface area contributed by atoms with E-state index in [1.54, 1.807) is 48.5 Å². The van der Waals surface area contributed by atoms with E-state index < -0.39 is 11.7 Å². The largest absolute Gasteiger partial charge is 0.488 e. The predicted molar refractivity (Wildman–Crippen MR) is 116 cm³/mol. The first-order valence-electron chi connectivity index (χ1n) is 8.81. The van der Waals surface area contributed by atoms with E-state index >= 15 is 0 Å². The maximum atomic E-state index is 13.8. The minimum atomic E-state index is -0.724. The van der Waals surface area contributed by atoms with Crippen molar-refractivity contribution in [1.82, 2.24) is 0 Å². The van der Waals surface area contributed by atoms with Crippen LogP contribution in [-0.2, 0) is 11.4 Å². The van der Waals surface area contributed by atoms with E-state index in [1.165, 1.54) is 24.3 Å². The van der Waals surface area contributed by atoms with Crippen LogP contribution in [0.4, 0.5) is 10.1 Å². The monoisotopic (exact) mass is 440 g/mol. The van der Waals surface area contributed by atoms with Crippen LogP contribution in [0.1, 0.15) is 11.1 Å². The lowest BCUT2D eigenvalue weighted by molar-refractivity contribution is -0.112. The van der Waals surface area contributed by atoms with Gasteiger partial charge in [-0.1, -0.05) is 59.6 Å². The number of amides is 1. The summed E-state index contributed by atoms with van der Waals surface area (Å²) in [5.41, 5.74) is 1.05. The molecule has 0 atom stereocenters. The van der Waals surface area contributed by atoms with Gasteiger partial charge in [0.05, 0.1) is 5.69 Å². The Bertz CT molecular complexity index is 1160. The lowest BCUT2D eigenvalue weighted by Gasteiger charge is -2.11. The molecule has 0 aliphatic rings. The summed E-state index contributed by atoms with van der Waals surface area (Å²) in [5.74, 6) is -0.861. The molecule has 1 N–H and O–H groups in total. The van der Waals surface area contributed by atoms with Crippen molar-refractivity contribution in [3.63, 3.8) is 0 Å². The van der Waals surface area contributed by atoms with Crippen molar-refractivity contribution >= 4 is 40.9 Å². The van der Waals surface area contributed by atoms with Gasteiger partial charge in [-0.15, -0.1) is 0 Å². The number of hydrogen-bond donors (Lipinski definition) is 1. The molecule has 7 heteroatoms. The first-order valence-corrected chi connectivity index (χ1v) is 9.57. The standard InChI is InChI=1S/C23H15Cl2FN2O2/c24-18-10-9-16(19(25)12-18)14-30-22-8-4-1-5-15(22)11-17(13-27)23(29)28-21-7-3-2-6-20(21)26/h1-12H,14H2,(H,28,29)/b17-11-. The summed E-state index contributed by atoms with van der Waals surface area (Å²) in [6.07, 6.45) is 1.38. The van der Waals surface area contributed by atoms with E-state index in [9.17, 15) is 14.4 Å². The van der Waals surface area contributed by atoms with Gasteiger partial charge in [-0.2, -0.15) is 5.26 Å². The highest BCUT2D eigenvalue weighted by molar-refractivity contribution is 6.35. The number of hydrogen-bond acceptors (Lipinski definition) is 3. The summed E-state index contributed by atoms with van der Waals surface area (Å²) in [7, 11) is 0. The topological polar surface area (TPSA) is 62.1 Å². The van der Waals surface area contributed by atoms with Gasteiger partial charge in [-0.05, 0) is 36.4 Å². The molecule has 0 aliphatic carbocycles. The first kappa shape index (κ1) is 21.4. The number of para-hydroxylation sites is 2. The predicted octanol–water partition coefficient (Wildman–Crippen LogP) is 6.26. The van der Waals surface area contributed by atoms with Crippen molar-refractivity contribution in [3.8, 4) is 11.8 Å². The molecule has 1 amide bonds. The van der Waals surface area contributed by atoms with E-state index in [0.717, 1.165) is 5.56 Å². The SMILES string of the molecule is N#C/C(=C/c1ccccc1OCc1ccc(Cl)cc1Cl)C(=O)Nc1ccccc1F. The summed E-state index contributed by atoms with van der Waals surface area (Å²) in [6, 6.07) is 19.6. The second-order valence-electron chi connectivity index (χ2n) is 6.17. The maximum Gasteiger partial charge on any atom is 0.266 e. The number of carbonyl (C=O) groups is 1. The average Bonchev–Trinajstić information content (AvgIpc) is 2.73. The van der Waals surface area contributed by atoms with E-state index in [2.05, 4.69) is 5.32 Å². The number of nitrogens with one attached hydrogen (secondary N) is 1. The molecule has 0 saturated carbocycles. The molecule has 0 aromatic heterocycles. The van der Waals surface area contributed by atoms with Gasteiger partial charge < -0.3 is 10.1 Å². The van der Waals surface area contributed by atoms with E-state index in [0.29, 0.717) is 21.4 Å². The van der Waals surface area contributed by atoms with E-state index in [1.807, 2.05) is 6.07 Å². The number of nitriles is 1. The molecule has 0 saturated heterocycles. The van der Waals surface area contributed by atoms with Gasteiger partial charge in [-0.3, -0.25) is 4.79 Å². The second kappa shape index (κ2) is 9.93. The normalized spacial score (nSPS) is 10.9. The Hall–Kier alpha value is -3.33. The smallest absolute Gasteiger partial charge is 0.266 e. The van der Waals surface area contributed by atoms with E-state index in [-0.39, 0.29) is 17.9 Å². The Kier molecular flexibility index (Phi) is 7.08. The van der Waals surface area contributed by atoms with Gasteiger partial charge >= 0.3 is 0 Å². The summed E-state index contributed by atoms with van der Waals surface area (Å²) in [5, 5.41) is 12.8. The quantitative estimate of drug-likeness (QED) is 0.363. The zero-order valence-corrected chi connectivity index (χ0v) is 17.0. The molecule has 3 rings (SSSR count). The number of anilines is 1. The van der Waals surface area contributed by atoms with Crippen molar-refractivity contribution in [1.29, 1.82) is 5.26 Å². The molecule has 0 heterocycles. The van der Waals surface area contributed by atoms with E-state index in [4.69, 9.17) is 27.9 Å². The van der Waals surface area contributed by atoms with Gasteiger partial charge in [0.15, 0.2) is 0 Å². The summed E-state index contributed by atoms with van der Waals surface area (Å²) < 4.78 is 19.6. The highest BCUT2D eigenvalue weighted by atomic mass is 35.5. The van der Waals surface area contributed by atoms with Crippen molar-refractivity contribution in [2.45, 2.75) is 6.61 Å². The molecule has 0 radical (unpaired) electrons. The lowest BCUT2D eigenvalue weighted by Crippen LogP contribution is -2.14. The Labute approximate surface area is 183 Å². The van der Waals surface area contributed by atoms with Crippen molar-refractivity contribution in [2.24, 2.45) is 0 Å². The molecule has 30 heavy (non-hydrogen) atoms. The molecule has 3 aromatic rings. The third-order valence-electron chi connectivity index (χ3n) is 4.10. The fourth-order valence-corrected chi connectivity index (χ4v) is 3.04. The zero-order valence-electron chi connectivity index (χ0n) is 15.5. The number of ether oxygens (including phenoxy) is 1. The molecule has 0 fully saturated rings. The molecule has 4 nitrogen and oxygen atoms in total. The van der Waals surface area contributed by atoms with Gasteiger partial charge in [-0.25, -0.2) is 4.39 Å². The van der Waals surface area contributed by atoms with Crippen LogP contribution in [0.5, 0.6) is 5.75 Å². The van der Waals surface area contributed by atoms with Crippen LogP contribution in [0.25, 0.3) is 6.08 Å². The van der Waals surface area contributed by atoms with Gasteiger partial charge in [0, 0.05) is 21.2 Å². The summed E-state index contributed by atoms with van der Waals surface area (Å²) >= 11 is 12.1. The fraction of sp³-hybridized carbons (Fsp3) is 0.0435. The molecule has 0 bridgehead atoms. The maximum absolute atomic E-state index is 13.8. The first-order chi connectivity index (χ1) is 14.5. The number of nitrogens with zero attached hydrogens (tertiary/aromatic N) is 1. The lowest BCUT2D eigenvalue weighted by atomic mass is 10.1. The zero-order chi connectivity index (χ0) is 21.5. The Balaban J connectivity index is 1.81. The van der Waals surface area contributed by atoms with Crippen LogP contribution >= 0.6 is 23.2 Å². The van der Waals surface area contributed by atoms with Crippen LogP contribution < -0.4 is 10.1 Å². The highest BCUT2D eigenvalue weighted by Gasteiger charge is 2.13. The second-order valence-corrected chi connectivity index (χ2v) is 7.01. The van der Waals surface area contributed by atoms with Crippen LogP contribution in [0.3, 0.4) is 0 Å². The van der Waals surface area contributed by atoms with Crippen molar-refractivity contribution < 1.29 is 13.9 Å². The molecular formula is C23H15Cl2FN2O2. The van der Waals surface area contributed by atoms with Gasteiger partial charge in [0.1, 0.15) is 29.8 Å². The summed E-state index contributed by atoms with van der Waals surface area (Å²) in [6.45, 7) is 0.171. The van der Waals surface area contributed by atoms with Crippen LogP contribution in [0, 0.1) is 17.1 Å². The number of rotatable bonds is 6. The van der Waals surface area contributed by atoms with Crippen LogP contribution in [-0.4, -0.2) is 5.91 Å². The Morgan fingerprint density at radius 1 is 1.10 bits per heavy atom. The summed E-state index contributed by atoms with van der Waals surface area (Å²) in [4.78, 5) is 12.4. The molecule has 3 aromatic carbocycles. The minimum absolute atomic E-state index is 0.00874. The molecule has 0 spiro atoms. The fourth-order valence-electron chi connectivity index (χ4n) is 2.58. The van der Waals surface area contributed by atoms with Crippen molar-refractivity contribution in [2.75, 3.05) is 5.32 Å². The number of benzene rings is 3. The Morgan fingerprint density at radius 2 is 1.83 bits per heavy atom. The van der Waals surface area contributed by atoms with Gasteiger partial charge in [0.2, 0.25) is 0 Å². The van der Waals surface area contributed by atoms with Crippen molar-refractivity contribution in [3.05, 3.63) is 99.3 Å². The molecule has 150 valence electrons. The Morgan fingerprint density at radius 3 is 2.57 bits per heavy atom. The molecule has 0 unspecified atom stereocenters. The van der Waals surface area contributed by atoms with Gasteiger partial charge in [0.25, 0.3) is 5.91 Å².